The molecule has 0 N–H and O–H groups in total. The van der Waals surface area contributed by atoms with Gasteiger partial charge in [-0.3, -0.25) is 0 Å². The van der Waals surface area contributed by atoms with E-state index in [9.17, 15) is 4.39 Å². The average molecular weight is 357 g/mol. The standard InChI is InChI=1S/C21H21FN2.ClH/c1-15-3-8-20-18(13-15)19-14-23(2)11-10-21(19)24(20)12-9-16-4-6-17(22)7-5-16;/h3-9,12-13H,10-11,14H2,1-2H3;1H/b12-9+;. The number of aromatic nitrogens is 1. The van der Waals surface area contributed by atoms with Gasteiger partial charge in [-0.2, -0.15) is 0 Å². The number of aryl methyl sites for hydroxylation is 1. The molecule has 4 rings (SSSR count). The highest BCUT2D eigenvalue weighted by molar-refractivity contribution is 5.89. The van der Waals surface area contributed by atoms with E-state index in [4.69, 9.17) is 0 Å². The van der Waals surface area contributed by atoms with Crippen LogP contribution in [0.1, 0.15) is 22.4 Å². The summed E-state index contributed by atoms with van der Waals surface area (Å²) in [6.45, 7) is 4.21. The van der Waals surface area contributed by atoms with Crippen molar-refractivity contribution >= 4 is 35.6 Å². The molecule has 0 aliphatic carbocycles. The molecule has 0 bridgehead atoms. The number of rotatable bonds is 2. The van der Waals surface area contributed by atoms with E-state index in [1.54, 1.807) is 0 Å². The maximum atomic E-state index is 13.1. The van der Waals surface area contributed by atoms with Crippen molar-refractivity contribution in [3.63, 3.8) is 0 Å². The SMILES string of the molecule is Cc1ccc2c(c1)c1c(n2/C=C/c2ccc(F)cc2)CCN(C)C1.Cl. The Hall–Kier alpha value is -2.10. The number of nitrogens with zero attached hydrogens (tertiary/aromatic N) is 2. The van der Waals surface area contributed by atoms with Crippen molar-refractivity contribution in [3.05, 3.63) is 70.7 Å². The van der Waals surface area contributed by atoms with Gasteiger partial charge in [0.15, 0.2) is 0 Å². The normalized spacial score (nSPS) is 14.7. The van der Waals surface area contributed by atoms with Crippen LogP contribution >= 0.6 is 12.4 Å². The Bertz CT molecular complexity index is 925. The third kappa shape index (κ3) is 3.35. The molecule has 0 saturated carbocycles. The molecule has 0 saturated heterocycles. The summed E-state index contributed by atoms with van der Waals surface area (Å²) in [5.74, 6) is -0.200. The second-order valence-corrected chi connectivity index (χ2v) is 6.67. The summed E-state index contributed by atoms with van der Waals surface area (Å²) in [5.41, 5.74) is 6.38. The summed E-state index contributed by atoms with van der Waals surface area (Å²) in [7, 11) is 2.18. The van der Waals surface area contributed by atoms with Gasteiger partial charge in [0.25, 0.3) is 0 Å². The topological polar surface area (TPSA) is 8.17 Å². The molecule has 2 heterocycles. The molecular formula is C21H22ClFN2. The van der Waals surface area contributed by atoms with Crippen molar-refractivity contribution in [2.45, 2.75) is 19.9 Å². The van der Waals surface area contributed by atoms with Crippen molar-refractivity contribution in [2.75, 3.05) is 13.6 Å². The van der Waals surface area contributed by atoms with Crippen molar-refractivity contribution in [1.82, 2.24) is 9.47 Å². The Morgan fingerprint density at radius 3 is 2.60 bits per heavy atom. The molecule has 1 aliphatic heterocycles. The van der Waals surface area contributed by atoms with Gasteiger partial charge in [0.2, 0.25) is 0 Å². The van der Waals surface area contributed by atoms with Crippen LogP contribution < -0.4 is 0 Å². The Morgan fingerprint density at radius 1 is 1.08 bits per heavy atom. The summed E-state index contributed by atoms with van der Waals surface area (Å²) in [6, 6.07) is 13.3. The van der Waals surface area contributed by atoms with E-state index in [-0.39, 0.29) is 18.2 Å². The number of fused-ring (bicyclic) bond motifs is 3. The molecule has 0 amide bonds. The number of benzene rings is 2. The molecule has 0 radical (unpaired) electrons. The molecule has 130 valence electrons. The zero-order valence-corrected chi connectivity index (χ0v) is 15.3. The average Bonchev–Trinajstić information content (AvgIpc) is 2.87. The lowest BCUT2D eigenvalue weighted by Gasteiger charge is -2.23. The van der Waals surface area contributed by atoms with Crippen molar-refractivity contribution in [1.29, 1.82) is 0 Å². The fraction of sp³-hybridized carbons (Fsp3) is 0.238. The molecule has 4 heteroatoms. The molecule has 2 aromatic carbocycles. The highest BCUT2D eigenvalue weighted by Gasteiger charge is 2.21. The third-order valence-corrected chi connectivity index (χ3v) is 4.82. The Labute approximate surface area is 154 Å². The van der Waals surface area contributed by atoms with Crippen molar-refractivity contribution in [2.24, 2.45) is 0 Å². The van der Waals surface area contributed by atoms with Crippen LogP contribution in [0.2, 0.25) is 0 Å². The first-order valence-electron chi connectivity index (χ1n) is 8.36. The summed E-state index contributed by atoms with van der Waals surface area (Å²) in [4.78, 5) is 2.37. The predicted octanol–water partition coefficient (Wildman–Crippen LogP) is 5.13. The summed E-state index contributed by atoms with van der Waals surface area (Å²) < 4.78 is 15.4. The molecule has 0 unspecified atom stereocenters. The molecule has 2 nitrogen and oxygen atoms in total. The van der Waals surface area contributed by atoms with Crippen LogP contribution in [-0.2, 0) is 13.0 Å². The molecule has 1 aliphatic rings. The van der Waals surface area contributed by atoms with Gasteiger partial charge in [-0.1, -0.05) is 23.8 Å². The minimum Gasteiger partial charge on any atom is -0.320 e. The van der Waals surface area contributed by atoms with Gasteiger partial charge in [0.1, 0.15) is 5.82 Å². The Balaban J connectivity index is 0.00000182. The van der Waals surface area contributed by atoms with Crippen LogP contribution in [0.25, 0.3) is 23.2 Å². The number of halogens is 2. The van der Waals surface area contributed by atoms with Crippen LogP contribution in [0.15, 0.2) is 42.5 Å². The van der Waals surface area contributed by atoms with E-state index >= 15 is 0 Å². The van der Waals surface area contributed by atoms with E-state index in [0.29, 0.717) is 0 Å². The lowest BCUT2D eigenvalue weighted by molar-refractivity contribution is 0.312. The lowest BCUT2D eigenvalue weighted by Crippen LogP contribution is -2.26. The molecule has 1 aromatic heterocycles. The maximum Gasteiger partial charge on any atom is 0.123 e. The smallest absolute Gasteiger partial charge is 0.123 e. The van der Waals surface area contributed by atoms with Gasteiger partial charge in [-0.25, -0.2) is 4.39 Å². The van der Waals surface area contributed by atoms with E-state index < -0.39 is 0 Å². The zero-order valence-electron chi connectivity index (χ0n) is 14.5. The van der Waals surface area contributed by atoms with E-state index in [1.165, 1.54) is 39.9 Å². The first-order chi connectivity index (χ1) is 11.6. The minimum absolute atomic E-state index is 0. The molecular weight excluding hydrogens is 335 g/mol. The third-order valence-electron chi connectivity index (χ3n) is 4.82. The predicted molar refractivity (Wildman–Crippen MR) is 106 cm³/mol. The largest absolute Gasteiger partial charge is 0.320 e. The molecule has 0 atom stereocenters. The van der Waals surface area contributed by atoms with Crippen LogP contribution in [-0.4, -0.2) is 23.1 Å². The van der Waals surface area contributed by atoms with Crippen LogP contribution in [0.5, 0.6) is 0 Å². The van der Waals surface area contributed by atoms with Crippen LogP contribution in [0.3, 0.4) is 0 Å². The molecule has 0 spiro atoms. The second kappa shape index (κ2) is 7.03. The van der Waals surface area contributed by atoms with Gasteiger partial charge >= 0.3 is 0 Å². The van der Waals surface area contributed by atoms with Crippen molar-refractivity contribution in [3.8, 4) is 0 Å². The summed E-state index contributed by atoms with van der Waals surface area (Å²) >= 11 is 0. The summed E-state index contributed by atoms with van der Waals surface area (Å²) in [5, 5.41) is 1.35. The van der Waals surface area contributed by atoms with E-state index in [1.807, 2.05) is 12.1 Å². The molecule has 0 fully saturated rings. The van der Waals surface area contributed by atoms with Gasteiger partial charge in [-0.05, 0) is 55.4 Å². The lowest BCUT2D eigenvalue weighted by atomic mass is 10.0. The molecule has 25 heavy (non-hydrogen) atoms. The zero-order chi connectivity index (χ0) is 16.7. The van der Waals surface area contributed by atoms with Gasteiger partial charge in [0.05, 0.1) is 5.52 Å². The summed E-state index contributed by atoms with van der Waals surface area (Å²) in [6.07, 6.45) is 5.22. The molecule has 3 aromatic rings. The highest BCUT2D eigenvalue weighted by atomic mass is 35.5. The first-order valence-corrected chi connectivity index (χ1v) is 8.36. The van der Waals surface area contributed by atoms with Gasteiger partial charge < -0.3 is 9.47 Å². The Morgan fingerprint density at radius 2 is 1.84 bits per heavy atom. The quantitative estimate of drug-likeness (QED) is 0.618. The van der Waals surface area contributed by atoms with Gasteiger partial charge in [-0.15, -0.1) is 12.4 Å². The minimum atomic E-state index is -0.200. The van der Waals surface area contributed by atoms with Crippen LogP contribution in [0.4, 0.5) is 4.39 Å². The second-order valence-electron chi connectivity index (χ2n) is 6.67. The fourth-order valence-corrected chi connectivity index (χ4v) is 3.55. The van der Waals surface area contributed by atoms with Gasteiger partial charge in [0, 0.05) is 36.8 Å². The van der Waals surface area contributed by atoms with E-state index in [0.717, 1.165) is 25.1 Å². The number of hydrogen-bond donors (Lipinski definition) is 0. The Kier molecular flexibility index (Phi) is 4.98. The maximum absolute atomic E-state index is 13.1. The highest BCUT2D eigenvalue weighted by Crippen LogP contribution is 2.31. The number of hydrogen-bond acceptors (Lipinski definition) is 1. The monoisotopic (exact) mass is 356 g/mol. The van der Waals surface area contributed by atoms with Crippen LogP contribution in [0, 0.1) is 12.7 Å². The van der Waals surface area contributed by atoms with E-state index in [2.05, 4.69) is 53.9 Å². The van der Waals surface area contributed by atoms with Crippen molar-refractivity contribution < 1.29 is 4.39 Å². The fourth-order valence-electron chi connectivity index (χ4n) is 3.55. The first kappa shape index (κ1) is 17.7. The number of likely N-dealkylation sites (N-methyl/N-ethyl adjacent to an activating group) is 1.